The Hall–Kier alpha value is -1.60. The van der Waals surface area contributed by atoms with E-state index in [4.69, 9.17) is 4.74 Å². The van der Waals surface area contributed by atoms with Gasteiger partial charge in [-0.1, -0.05) is 0 Å². The van der Waals surface area contributed by atoms with Gasteiger partial charge in [-0.2, -0.15) is 0 Å². The molecule has 0 heterocycles. The summed E-state index contributed by atoms with van der Waals surface area (Å²) in [6, 6.07) is 6.19. The number of carbonyl (C=O) groups excluding carboxylic acids is 1. The molecule has 7 heteroatoms. The quantitative estimate of drug-likeness (QED) is 0.787. The summed E-state index contributed by atoms with van der Waals surface area (Å²) in [5.41, 5.74) is 0.658. The molecule has 0 unspecified atom stereocenters. The first-order valence-corrected chi connectivity index (χ1v) is 7.24. The molecule has 0 fully saturated rings. The molecule has 6 nitrogen and oxygen atoms in total. The Morgan fingerprint density at radius 1 is 1.26 bits per heavy atom. The lowest BCUT2D eigenvalue weighted by Gasteiger charge is -2.12. The van der Waals surface area contributed by atoms with E-state index in [1.807, 2.05) is 0 Å². The number of ether oxygens (including phenoxy) is 1. The third-order valence-corrected chi connectivity index (χ3v) is 4.20. The third-order valence-electron chi connectivity index (χ3n) is 2.38. The highest BCUT2D eigenvalue weighted by molar-refractivity contribution is 7.89. The van der Waals surface area contributed by atoms with Gasteiger partial charge in [0.25, 0.3) is 0 Å². The molecule has 0 aromatic heterocycles. The summed E-state index contributed by atoms with van der Waals surface area (Å²) in [6.07, 6.45) is 0. The van der Waals surface area contributed by atoms with Crippen molar-refractivity contribution in [2.24, 2.45) is 0 Å². The zero-order valence-electron chi connectivity index (χ0n) is 11.2. The Balaban J connectivity index is 2.70. The van der Waals surface area contributed by atoms with Crippen molar-refractivity contribution in [3.63, 3.8) is 0 Å². The number of anilines is 1. The molecule has 1 aromatic carbocycles. The standard InChI is InChI=1S/C12H18N2O4S/c1-4-18-12(15)9-13-10-5-7-11(8-6-10)19(16,17)14(2)3/h5-8,13H,4,9H2,1-3H3. The second-order valence-corrected chi connectivity index (χ2v) is 6.12. The molecule has 0 aliphatic heterocycles. The van der Waals surface area contributed by atoms with Gasteiger partial charge in [0.15, 0.2) is 0 Å². The highest BCUT2D eigenvalue weighted by Crippen LogP contribution is 2.16. The van der Waals surface area contributed by atoms with Crippen LogP contribution in [0.5, 0.6) is 0 Å². The normalized spacial score (nSPS) is 11.4. The van der Waals surface area contributed by atoms with Crippen LogP contribution in [0.2, 0.25) is 0 Å². The molecular formula is C12H18N2O4S. The van der Waals surface area contributed by atoms with Crippen LogP contribution >= 0.6 is 0 Å². The van der Waals surface area contributed by atoms with Crippen molar-refractivity contribution in [2.45, 2.75) is 11.8 Å². The highest BCUT2D eigenvalue weighted by Gasteiger charge is 2.16. The average molecular weight is 286 g/mol. The number of esters is 1. The third kappa shape index (κ3) is 4.22. The van der Waals surface area contributed by atoms with Gasteiger partial charge in [0.05, 0.1) is 11.5 Å². The maximum atomic E-state index is 11.8. The van der Waals surface area contributed by atoms with Gasteiger partial charge in [0.2, 0.25) is 10.0 Å². The Bertz CT molecular complexity index is 523. The van der Waals surface area contributed by atoms with E-state index in [2.05, 4.69) is 5.32 Å². The molecule has 19 heavy (non-hydrogen) atoms. The Kier molecular flexibility index (Phi) is 5.31. The number of carbonyl (C=O) groups is 1. The molecule has 106 valence electrons. The van der Waals surface area contributed by atoms with E-state index in [1.54, 1.807) is 19.1 Å². The summed E-state index contributed by atoms with van der Waals surface area (Å²) in [4.78, 5) is 11.4. The number of nitrogens with zero attached hydrogens (tertiary/aromatic N) is 1. The molecule has 0 spiro atoms. The molecule has 0 amide bonds. The maximum absolute atomic E-state index is 11.8. The maximum Gasteiger partial charge on any atom is 0.325 e. The summed E-state index contributed by atoms with van der Waals surface area (Å²) in [5, 5.41) is 2.85. The van der Waals surface area contributed by atoms with Crippen molar-refractivity contribution in [3.8, 4) is 0 Å². The summed E-state index contributed by atoms with van der Waals surface area (Å²) >= 11 is 0. The van der Waals surface area contributed by atoms with Crippen LogP contribution in [-0.4, -0.2) is 45.9 Å². The molecule has 0 aliphatic rings. The van der Waals surface area contributed by atoms with E-state index in [0.717, 1.165) is 4.31 Å². The lowest BCUT2D eigenvalue weighted by molar-refractivity contribution is -0.140. The molecule has 0 saturated carbocycles. The molecule has 1 rings (SSSR count). The largest absolute Gasteiger partial charge is 0.465 e. The summed E-state index contributed by atoms with van der Waals surface area (Å²) < 4.78 is 29.6. The van der Waals surface area contributed by atoms with Crippen LogP contribution in [0, 0.1) is 0 Å². The minimum absolute atomic E-state index is 0.0492. The number of hydrogen-bond acceptors (Lipinski definition) is 5. The van der Waals surface area contributed by atoms with Gasteiger partial charge in [-0.25, -0.2) is 12.7 Å². The minimum Gasteiger partial charge on any atom is -0.465 e. The van der Waals surface area contributed by atoms with Crippen molar-refractivity contribution >= 4 is 21.7 Å². The van der Waals surface area contributed by atoms with Gasteiger partial charge < -0.3 is 10.1 Å². The first-order valence-electron chi connectivity index (χ1n) is 5.80. The van der Waals surface area contributed by atoms with Gasteiger partial charge in [0, 0.05) is 19.8 Å². The minimum atomic E-state index is -3.42. The molecule has 0 saturated heterocycles. The molecular weight excluding hydrogens is 268 g/mol. The predicted octanol–water partition coefficient (Wildman–Crippen LogP) is 0.912. The smallest absolute Gasteiger partial charge is 0.325 e. The van der Waals surface area contributed by atoms with E-state index in [0.29, 0.717) is 12.3 Å². The van der Waals surface area contributed by atoms with E-state index in [-0.39, 0.29) is 17.4 Å². The van der Waals surface area contributed by atoms with Crippen molar-refractivity contribution in [2.75, 3.05) is 32.6 Å². The van der Waals surface area contributed by atoms with Gasteiger partial charge in [-0.3, -0.25) is 4.79 Å². The first kappa shape index (κ1) is 15.5. The number of nitrogens with one attached hydrogen (secondary N) is 1. The lowest BCUT2D eigenvalue weighted by atomic mass is 10.3. The molecule has 0 radical (unpaired) electrons. The second kappa shape index (κ2) is 6.53. The Morgan fingerprint density at radius 3 is 2.32 bits per heavy atom. The van der Waals surface area contributed by atoms with Gasteiger partial charge >= 0.3 is 5.97 Å². The second-order valence-electron chi connectivity index (χ2n) is 3.97. The van der Waals surface area contributed by atoms with Gasteiger partial charge in [0.1, 0.15) is 6.54 Å². The zero-order chi connectivity index (χ0) is 14.5. The lowest BCUT2D eigenvalue weighted by Crippen LogP contribution is -2.22. The summed E-state index contributed by atoms with van der Waals surface area (Å²) in [7, 11) is -0.471. The van der Waals surface area contributed by atoms with E-state index >= 15 is 0 Å². The van der Waals surface area contributed by atoms with Crippen molar-refractivity contribution in [1.82, 2.24) is 4.31 Å². The molecule has 1 aromatic rings. The number of hydrogen-bond donors (Lipinski definition) is 1. The van der Waals surface area contributed by atoms with Crippen LogP contribution in [0.1, 0.15) is 6.92 Å². The molecule has 1 N–H and O–H groups in total. The van der Waals surface area contributed by atoms with Crippen LogP contribution in [0.25, 0.3) is 0 Å². The van der Waals surface area contributed by atoms with Crippen LogP contribution in [0.4, 0.5) is 5.69 Å². The highest BCUT2D eigenvalue weighted by atomic mass is 32.2. The average Bonchev–Trinajstić information content (AvgIpc) is 2.37. The first-order chi connectivity index (χ1) is 8.87. The summed E-state index contributed by atoms with van der Waals surface area (Å²) in [5.74, 6) is -0.354. The summed E-state index contributed by atoms with van der Waals surface area (Å²) in [6.45, 7) is 2.12. The molecule has 0 aliphatic carbocycles. The van der Waals surface area contributed by atoms with E-state index < -0.39 is 10.0 Å². The Labute approximate surface area is 113 Å². The van der Waals surface area contributed by atoms with Crippen LogP contribution in [-0.2, 0) is 19.6 Å². The van der Waals surface area contributed by atoms with Crippen molar-refractivity contribution in [1.29, 1.82) is 0 Å². The van der Waals surface area contributed by atoms with E-state index in [9.17, 15) is 13.2 Å². The van der Waals surface area contributed by atoms with Gasteiger partial charge in [-0.15, -0.1) is 0 Å². The number of rotatable bonds is 6. The molecule has 0 atom stereocenters. The van der Waals surface area contributed by atoms with Gasteiger partial charge in [-0.05, 0) is 31.2 Å². The monoisotopic (exact) mass is 286 g/mol. The SMILES string of the molecule is CCOC(=O)CNc1ccc(S(=O)(=O)N(C)C)cc1. The van der Waals surface area contributed by atoms with Crippen LogP contribution < -0.4 is 5.32 Å². The van der Waals surface area contributed by atoms with E-state index in [1.165, 1.54) is 26.2 Å². The van der Waals surface area contributed by atoms with Crippen LogP contribution in [0.3, 0.4) is 0 Å². The predicted molar refractivity (Wildman–Crippen MR) is 72.4 cm³/mol. The van der Waals surface area contributed by atoms with Crippen LogP contribution in [0.15, 0.2) is 29.2 Å². The Morgan fingerprint density at radius 2 is 1.84 bits per heavy atom. The fourth-order valence-corrected chi connectivity index (χ4v) is 2.24. The zero-order valence-corrected chi connectivity index (χ0v) is 12.0. The van der Waals surface area contributed by atoms with Crippen molar-refractivity contribution < 1.29 is 17.9 Å². The topological polar surface area (TPSA) is 75.7 Å². The fourth-order valence-electron chi connectivity index (χ4n) is 1.34. The fraction of sp³-hybridized carbons (Fsp3) is 0.417. The van der Waals surface area contributed by atoms with Crippen molar-refractivity contribution in [3.05, 3.63) is 24.3 Å². The number of benzene rings is 1. The number of sulfonamides is 1. The molecule has 0 bridgehead atoms.